The molecule has 4 aromatic rings. The second-order valence-corrected chi connectivity index (χ2v) is 14.6. The average molecular weight is 710 g/mol. The maximum Gasteiger partial charge on any atom is 0.220 e. The number of nitrogens with zero attached hydrogens (tertiary/aromatic N) is 2. The van der Waals surface area contributed by atoms with Crippen molar-refractivity contribution in [1.29, 1.82) is 0 Å². The molecular formula is C43H49F2N3O4. The summed E-state index contributed by atoms with van der Waals surface area (Å²) in [6, 6.07) is 19.0. The molecule has 2 aliphatic rings. The molecule has 52 heavy (non-hydrogen) atoms. The molecule has 0 aromatic heterocycles. The molecule has 2 atom stereocenters. The standard InChI is InChI=1S/C43H49F2N3O4/c1-26-33(29-18-39(44)37(41(20-29)51-5)24-47(3)22-28-13-15-32(49)17-28)9-7-11-35(26)36-12-8-10-34(27(36)2)30-19-40(45)38(42(21-30)52-6)25-48(4)23-31-14-16-43(50)46-31/h7-12,18-21,28,31H,13-17,22-25H2,1-6H3,(H,46,50)/t28-,31+/m1/s1. The van der Waals surface area contributed by atoms with Crippen LogP contribution in [0.2, 0.25) is 0 Å². The van der Waals surface area contributed by atoms with E-state index in [1.54, 1.807) is 26.4 Å². The van der Waals surface area contributed by atoms with Crippen molar-refractivity contribution >= 4 is 11.7 Å². The Morgan fingerprint density at radius 1 is 0.712 bits per heavy atom. The molecule has 2 fully saturated rings. The molecule has 0 radical (unpaired) electrons. The van der Waals surface area contributed by atoms with Crippen LogP contribution in [0.3, 0.4) is 0 Å². The number of carbonyl (C=O) groups excluding carboxylic acids is 2. The highest BCUT2D eigenvalue weighted by molar-refractivity contribution is 5.84. The summed E-state index contributed by atoms with van der Waals surface area (Å²) >= 11 is 0. The first kappa shape index (κ1) is 37.2. The van der Waals surface area contributed by atoms with Gasteiger partial charge in [0.2, 0.25) is 5.91 Å². The SMILES string of the molecule is COc1cc(-c2cccc(-c3cccc(-c4cc(F)c(CN(C)C[C@@H]5CCC(=O)N5)c(OC)c4)c3C)c2C)cc(F)c1CN(C)C[C@@H]1CCC(=O)C1. The third kappa shape index (κ3) is 8.06. The quantitative estimate of drug-likeness (QED) is 0.151. The van der Waals surface area contributed by atoms with E-state index in [2.05, 4.69) is 22.3 Å². The summed E-state index contributed by atoms with van der Waals surface area (Å²) in [4.78, 5) is 27.5. The van der Waals surface area contributed by atoms with Gasteiger partial charge in [0.1, 0.15) is 28.9 Å². The number of rotatable bonds is 13. The molecule has 1 aliphatic carbocycles. The van der Waals surface area contributed by atoms with Crippen molar-refractivity contribution in [1.82, 2.24) is 15.1 Å². The largest absolute Gasteiger partial charge is 0.496 e. The number of halogens is 2. The van der Waals surface area contributed by atoms with E-state index in [4.69, 9.17) is 9.47 Å². The number of likely N-dealkylation sites (N-methyl/N-ethyl adjacent to an activating group) is 1. The van der Waals surface area contributed by atoms with Crippen molar-refractivity contribution in [3.8, 4) is 44.9 Å². The van der Waals surface area contributed by atoms with Gasteiger partial charge in [-0.1, -0.05) is 36.4 Å². The van der Waals surface area contributed by atoms with E-state index in [9.17, 15) is 9.59 Å². The average Bonchev–Trinajstić information content (AvgIpc) is 3.72. The molecule has 0 spiro atoms. The first-order valence-corrected chi connectivity index (χ1v) is 18.1. The van der Waals surface area contributed by atoms with Crippen LogP contribution >= 0.6 is 0 Å². The van der Waals surface area contributed by atoms with E-state index in [-0.39, 0.29) is 23.6 Å². The Labute approximate surface area is 305 Å². The molecule has 1 N–H and O–H groups in total. The predicted molar refractivity (Wildman–Crippen MR) is 201 cm³/mol. The molecular weight excluding hydrogens is 660 g/mol. The summed E-state index contributed by atoms with van der Waals surface area (Å²) < 4.78 is 43.1. The van der Waals surface area contributed by atoms with E-state index in [0.29, 0.717) is 78.8 Å². The summed E-state index contributed by atoms with van der Waals surface area (Å²) in [6.07, 6.45) is 3.42. The zero-order valence-electron chi connectivity index (χ0n) is 31.1. The highest BCUT2D eigenvalue weighted by atomic mass is 19.1. The maximum atomic E-state index is 15.9. The van der Waals surface area contributed by atoms with Gasteiger partial charge < -0.3 is 19.7 Å². The Morgan fingerprint density at radius 3 is 1.65 bits per heavy atom. The van der Waals surface area contributed by atoms with Crippen molar-refractivity contribution in [2.75, 3.05) is 41.4 Å². The van der Waals surface area contributed by atoms with Gasteiger partial charge in [-0.15, -0.1) is 0 Å². The number of nitrogens with one attached hydrogen (secondary N) is 1. The smallest absolute Gasteiger partial charge is 0.220 e. The lowest BCUT2D eigenvalue weighted by atomic mass is 9.87. The lowest BCUT2D eigenvalue weighted by Gasteiger charge is -2.23. The van der Waals surface area contributed by atoms with Gasteiger partial charge in [0, 0.05) is 62.6 Å². The van der Waals surface area contributed by atoms with Crippen molar-refractivity contribution in [2.24, 2.45) is 5.92 Å². The predicted octanol–water partition coefficient (Wildman–Crippen LogP) is 8.11. The molecule has 0 unspecified atom stereocenters. The Balaban J connectivity index is 1.27. The van der Waals surface area contributed by atoms with E-state index >= 15 is 8.78 Å². The van der Waals surface area contributed by atoms with E-state index < -0.39 is 0 Å². The molecule has 1 saturated heterocycles. The van der Waals surface area contributed by atoms with Crippen LogP contribution in [0, 0.1) is 31.4 Å². The van der Waals surface area contributed by atoms with Crippen LogP contribution < -0.4 is 14.8 Å². The van der Waals surface area contributed by atoms with E-state index in [0.717, 1.165) is 58.3 Å². The van der Waals surface area contributed by atoms with Gasteiger partial charge in [-0.05, 0) is 115 Å². The number of hydrogen-bond acceptors (Lipinski definition) is 6. The van der Waals surface area contributed by atoms with Crippen LogP contribution in [-0.2, 0) is 22.7 Å². The van der Waals surface area contributed by atoms with Gasteiger partial charge in [-0.3, -0.25) is 14.5 Å². The lowest BCUT2D eigenvalue weighted by molar-refractivity contribution is -0.119. The van der Waals surface area contributed by atoms with Crippen LogP contribution in [0.4, 0.5) is 8.78 Å². The van der Waals surface area contributed by atoms with E-state index in [1.165, 1.54) is 0 Å². The van der Waals surface area contributed by atoms with Crippen LogP contribution in [0.5, 0.6) is 11.5 Å². The molecule has 1 heterocycles. The van der Waals surface area contributed by atoms with Gasteiger partial charge in [0.15, 0.2) is 0 Å². The number of carbonyl (C=O) groups is 2. The summed E-state index contributed by atoms with van der Waals surface area (Å²) in [5.74, 6) is 0.958. The minimum Gasteiger partial charge on any atom is -0.496 e. The Kier molecular flexibility index (Phi) is 11.4. The lowest BCUT2D eigenvalue weighted by Crippen LogP contribution is -2.36. The second kappa shape index (κ2) is 16.0. The summed E-state index contributed by atoms with van der Waals surface area (Å²) in [6.45, 7) is 6.16. The molecule has 1 aliphatic heterocycles. The molecule has 274 valence electrons. The molecule has 4 aromatic carbocycles. The minimum atomic E-state index is -0.348. The fourth-order valence-electron chi connectivity index (χ4n) is 8.03. The molecule has 9 heteroatoms. The molecule has 6 rings (SSSR count). The first-order chi connectivity index (χ1) is 24.9. The Morgan fingerprint density at radius 2 is 1.21 bits per heavy atom. The van der Waals surface area contributed by atoms with Crippen LogP contribution in [0.1, 0.15) is 54.4 Å². The zero-order valence-corrected chi connectivity index (χ0v) is 31.1. The Hall–Kier alpha value is -4.60. The third-order valence-corrected chi connectivity index (χ3v) is 10.7. The van der Waals surface area contributed by atoms with Gasteiger partial charge in [0.05, 0.1) is 14.2 Å². The second-order valence-electron chi connectivity index (χ2n) is 14.6. The highest BCUT2D eigenvalue weighted by Crippen LogP contribution is 2.40. The number of ether oxygens (including phenoxy) is 2. The highest BCUT2D eigenvalue weighted by Gasteiger charge is 2.26. The number of amides is 1. The van der Waals surface area contributed by atoms with E-state index in [1.807, 2.05) is 69.2 Å². The molecule has 1 saturated carbocycles. The van der Waals surface area contributed by atoms with Gasteiger partial charge in [-0.2, -0.15) is 0 Å². The molecule has 7 nitrogen and oxygen atoms in total. The van der Waals surface area contributed by atoms with Crippen molar-refractivity contribution in [2.45, 2.75) is 65.1 Å². The fraction of sp³-hybridized carbons (Fsp3) is 0.395. The monoisotopic (exact) mass is 709 g/mol. The van der Waals surface area contributed by atoms with Crippen LogP contribution in [0.15, 0.2) is 60.7 Å². The summed E-state index contributed by atoms with van der Waals surface area (Å²) in [5.41, 5.74) is 8.14. The normalized spacial score (nSPS) is 17.3. The Bertz CT molecular complexity index is 1840. The third-order valence-electron chi connectivity index (χ3n) is 10.7. The molecule has 1 amide bonds. The number of benzene rings is 4. The van der Waals surface area contributed by atoms with Gasteiger partial charge in [-0.25, -0.2) is 8.78 Å². The van der Waals surface area contributed by atoms with Crippen LogP contribution in [-0.4, -0.2) is 68.9 Å². The number of Topliss-reactive ketones (excluding diaryl/α,β-unsaturated/α-hetero) is 1. The summed E-state index contributed by atoms with van der Waals surface area (Å²) in [5, 5.41) is 2.98. The summed E-state index contributed by atoms with van der Waals surface area (Å²) in [7, 11) is 6.99. The topological polar surface area (TPSA) is 71.1 Å². The fourth-order valence-corrected chi connectivity index (χ4v) is 8.03. The number of hydrogen-bond donors (Lipinski definition) is 1. The minimum absolute atomic E-state index is 0.0593. The number of ketones is 1. The molecule has 0 bridgehead atoms. The van der Waals surface area contributed by atoms with Crippen molar-refractivity contribution in [3.63, 3.8) is 0 Å². The zero-order chi connectivity index (χ0) is 37.1. The first-order valence-electron chi connectivity index (χ1n) is 18.1. The van der Waals surface area contributed by atoms with Crippen molar-refractivity contribution in [3.05, 3.63) is 94.6 Å². The van der Waals surface area contributed by atoms with Gasteiger partial charge >= 0.3 is 0 Å². The van der Waals surface area contributed by atoms with Crippen LogP contribution in [0.25, 0.3) is 33.4 Å². The number of methoxy groups -OCH3 is 2. The maximum absolute atomic E-state index is 15.9. The van der Waals surface area contributed by atoms with Gasteiger partial charge in [0.25, 0.3) is 0 Å². The van der Waals surface area contributed by atoms with Crippen molar-refractivity contribution < 1.29 is 27.8 Å².